The number of benzene rings is 1. The number of hydrogen-bond donors (Lipinski definition) is 1. The number of fused-ring (bicyclic) bond motifs is 2. The number of nitrogens with zero attached hydrogens (tertiary/aromatic N) is 1. The third-order valence-corrected chi connectivity index (χ3v) is 2.89. The van der Waals surface area contributed by atoms with E-state index in [0.717, 1.165) is 4.57 Å². The molecule has 0 atom stereocenters. The zero-order valence-corrected chi connectivity index (χ0v) is 10.5. The van der Waals surface area contributed by atoms with Crippen LogP contribution < -0.4 is 11.2 Å². The minimum absolute atomic E-state index is 0.00264. The van der Waals surface area contributed by atoms with E-state index in [2.05, 4.69) is 4.98 Å². The van der Waals surface area contributed by atoms with Gasteiger partial charge in [-0.25, -0.2) is 9.59 Å². The molecule has 2 aromatic heterocycles. The standard InChI is InChI=1S/C13H10N2O5/c1-2-19-12(17)9-10-14-8-6-4-3-5-7(8)11(16)15(10)20-13(9)18/h3-6,14H,2H2,1H3. The molecule has 3 aromatic rings. The van der Waals surface area contributed by atoms with Crippen LogP contribution in [0.3, 0.4) is 0 Å². The number of H-pyrrole nitrogens is 1. The van der Waals surface area contributed by atoms with Gasteiger partial charge in [0.25, 0.3) is 5.56 Å². The minimum atomic E-state index is -0.910. The molecule has 7 nitrogen and oxygen atoms in total. The lowest BCUT2D eigenvalue weighted by Gasteiger charge is -2.00. The van der Waals surface area contributed by atoms with Crippen molar-refractivity contribution in [2.75, 3.05) is 6.61 Å². The molecular weight excluding hydrogens is 264 g/mol. The molecular formula is C13H10N2O5. The summed E-state index contributed by atoms with van der Waals surface area (Å²) in [5.41, 5.74) is -1.23. The number of esters is 1. The zero-order chi connectivity index (χ0) is 14.3. The maximum absolute atomic E-state index is 12.2. The Morgan fingerprint density at radius 3 is 2.85 bits per heavy atom. The largest absolute Gasteiger partial charge is 0.462 e. The van der Waals surface area contributed by atoms with Crippen LogP contribution in [-0.2, 0) is 4.74 Å². The summed E-state index contributed by atoms with van der Waals surface area (Å²) in [5, 5.41) is 0.356. The molecule has 0 saturated heterocycles. The number of rotatable bonds is 2. The summed E-state index contributed by atoms with van der Waals surface area (Å²) < 4.78 is 10.4. The molecule has 1 aromatic carbocycles. The van der Waals surface area contributed by atoms with E-state index in [-0.39, 0.29) is 17.8 Å². The van der Waals surface area contributed by atoms with Crippen molar-refractivity contribution < 1.29 is 14.1 Å². The summed E-state index contributed by atoms with van der Waals surface area (Å²) in [4.78, 5) is 38.5. The van der Waals surface area contributed by atoms with E-state index in [1.54, 1.807) is 31.2 Å². The first-order chi connectivity index (χ1) is 9.63. The SMILES string of the molecule is CCOC(=O)c1c(=O)on2c(=O)c3ccccc3[nH]c12. The monoisotopic (exact) mass is 274 g/mol. The number of ether oxygens (including phenoxy) is 1. The number of aromatic amines is 1. The van der Waals surface area contributed by atoms with Crippen LogP contribution in [0.5, 0.6) is 0 Å². The lowest BCUT2D eigenvalue weighted by atomic mass is 10.2. The van der Waals surface area contributed by atoms with Crippen molar-refractivity contribution in [2.45, 2.75) is 6.92 Å². The van der Waals surface area contributed by atoms with Crippen LogP contribution in [0.2, 0.25) is 0 Å². The molecule has 102 valence electrons. The molecule has 0 bridgehead atoms. The van der Waals surface area contributed by atoms with Gasteiger partial charge in [-0.3, -0.25) is 4.79 Å². The van der Waals surface area contributed by atoms with Gasteiger partial charge in [0.2, 0.25) is 0 Å². The first kappa shape index (κ1) is 12.2. The first-order valence-corrected chi connectivity index (χ1v) is 5.97. The first-order valence-electron chi connectivity index (χ1n) is 5.97. The van der Waals surface area contributed by atoms with E-state index in [9.17, 15) is 14.4 Å². The molecule has 2 heterocycles. The number of nitrogens with one attached hydrogen (secondary N) is 1. The number of para-hydroxylation sites is 1. The van der Waals surface area contributed by atoms with E-state index in [1.165, 1.54) is 0 Å². The molecule has 0 aliphatic carbocycles. The molecule has 0 radical (unpaired) electrons. The van der Waals surface area contributed by atoms with Crippen LogP contribution in [0.4, 0.5) is 0 Å². The van der Waals surface area contributed by atoms with Crippen molar-refractivity contribution in [3.05, 3.63) is 50.6 Å². The molecule has 0 fully saturated rings. The van der Waals surface area contributed by atoms with E-state index in [1.807, 2.05) is 0 Å². The molecule has 0 amide bonds. The molecule has 0 aliphatic rings. The summed E-state index contributed by atoms with van der Waals surface area (Å²) in [6.07, 6.45) is 0. The zero-order valence-electron chi connectivity index (χ0n) is 10.5. The smallest absolute Gasteiger partial charge is 0.375 e. The summed E-state index contributed by atoms with van der Waals surface area (Å²) in [5.74, 6) is -0.824. The van der Waals surface area contributed by atoms with Gasteiger partial charge < -0.3 is 14.2 Å². The molecule has 0 aliphatic heterocycles. The van der Waals surface area contributed by atoms with Gasteiger partial charge in [0.05, 0.1) is 17.5 Å². The van der Waals surface area contributed by atoms with Crippen LogP contribution in [0, 0.1) is 0 Å². The van der Waals surface area contributed by atoms with Gasteiger partial charge in [0.1, 0.15) is 0 Å². The maximum Gasteiger partial charge on any atom is 0.375 e. The normalized spacial score (nSPS) is 11.1. The molecule has 0 saturated carbocycles. The van der Waals surface area contributed by atoms with Gasteiger partial charge in [-0.05, 0) is 19.1 Å². The second-order valence-electron chi connectivity index (χ2n) is 4.09. The molecule has 0 spiro atoms. The number of hydrogen-bond acceptors (Lipinski definition) is 5. The van der Waals surface area contributed by atoms with E-state index >= 15 is 0 Å². The number of aromatic nitrogens is 2. The van der Waals surface area contributed by atoms with Gasteiger partial charge in [0.15, 0.2) is 11.2 Å². The highest BCUT2D eigenvalue weighted by molar-refractivity contribution is 5.96. The third-order valence-electron chi connectivity index (χ3n) is 2.89. The second kappa shape index (κ2) is 4.37. The number of carbonyl (C=O) groups is 1. The Morgan fingerprint density at radius 2 is 2.10 bits per heavy atom. The quantitative estimate of drug-likeness (QED) is 0.701. The Bertz CT molecular complexity index is 931. The fourth-order valence-electron chi connectivity index (χ4n) is 2.03. The molecule has 1 N–H and O–H groups in total. The van der Waals surface area contributed by atoms with Crippen molar-refractivity contribution in [1.82, 2.24) is 9.56 Å². The highest BCUT2D eigenvalue weighted by atomic mass is 16.5. The van der Waals surface area contributed by atoms with Gasteiger partial charge in [-0.2, -0.15) is 0 Å². The molecule has 0 unspecified atom stereocenters. The Morgan fingerprint density at radius 1 is 1.35 bits per heavy atom. The highest BCUT2D eigenvalue weighted by Crippen LogP contribution is 2.11. The maximum atomic E-state index is 12.2. The Balaban J connectivity index is 2.44. The van der Waals surface area contributed by atoms with Crippen LogP contribution in [0.15, 0.2) is 38.4 Å². The van der Waals surface area contributed by atoms with Crippen LogP contribution in [0.25, 0.3) is 16.6 Å². The summed E-state index contributed by atoms with van der Waals surface area (Å²) in [7, 11) is 0. The molecule has 7 heteroatoms. The van der Waals surface area contributed by atoms with E-state index < -0.39 is 17.2 Å². The van der Waals surface area contributed by atoms with Crippen molar-refractivity contribution in [1.29, 1.82) is 0 Å². The van der Waals surface area contributed by atoms with Gasteiger partial charge >= 0.3 is 11.6 Å². The van der Waals surface area contributed by atoms with Crippen molar-refractivity contribution >= 4 is 22.5 Å². The van der Waals surface area contributed by atoms with Crippen LogP contribution in [0.1, 0.15) is 17.3 Å². The molecule has 20 heavy (non-hydrogen) atoms. The summed E-state index contributed by atoms with van der Waals surface area (Å²) >= 11 is 0. The predicted octanol–water partition coefficient (Wildman–Crippen LogP) is 0.911. The van der Waals surface area contributed by atoms with Crippen molar-refractivity contribution in [3.8, 4) is 0 Å². The van der Waals surface area contributed by atoms with Gasteiger partial charge in [-0.1, -0.05) is 12.1 Å². The lowest BCUT2D eigenvalue weighted by molar-refractivity contribution is 0.0525. The van der Waals surface area contributed by atoms with Crippen molar-refractivity contribution in [2.24, 2.45) is 0 Å². The fraction of sp³-hybridized carbons (Fsp3) is 0.154. The highest BCUT2D eigenvalue weighted by Gasteiger charge is 2.23. The number of carbonyl (C=O) groups excluding carboxylic acids is 1. The summed E-state index contributed by atoms with van der Waals surface area (Å²) in [6, 6.07) is 6.69. The molecule has 3 rings (SSSR count). The van der Waals surface area contributed by atoms with E-state index in [0.29, 0.717) is 10.9 Å². The van der Waals surface area contributed by atoms with Gasteiger partial charge in [0, 0.05) is 0 Å². The summed E-state index contributed by atoms with van der Waals surface area (Å²) in [6.45, 7) is 1.74. The van der Waals surface area contributed by atoms with Crippen molar-refractivity contribution in [3.63, 3.8) is 0 Å². The van der Waals surface area contributed by atoms with Crippen LogP contribution in [-0.4, -0.2) is 22.1 Å². The topological polar surface area (TPSA) is 93.8 Å². The van der Waals surface area contributed by atoms with Gasteiger partial charge in [-0.15, -0.1) is 4.57 Å². The van der Waals surface area contributed by atoms with E-state index in [4.69, 9.17) is 9.26 Å². The fourth-order valence-corrected chi connectivity index (χ4v) is 2.03. The average molecular weight is 274 g/mol. The average Bonchev–Trinajstić information content (AvgIpc) is 2.76. The minimum Gasteiger partial charge on any atom is -0.462 e. The Hall–Kier alpha value is -2.83. The predicted molar refractivity (Wildman–Crippen MR) is 70.0 cm³/mol. The second-order valence-corrected chi connectivity index (χ2v) is 4.09. The Labute approximate surface area is 111 Å². The lowest BCUT2D eigenvalue weighted by Crippen LogP contribution is -2.15. The Kier molecular flexibility index (Phi) is 2.67. The van der Waals surface area contributed by atoms with Crippen LogP contribution >= 0.6 is 0 Å². The third kappa shape index (κ3) is 1.63.